The van der Waals surface area contributed by atoms with Gasteiger partial charge < -0.3 is 19.4 Å². The van der Waals surface area contributed by atoms with Crippen LogP contribution in [0.3, 0.4) is 0 Å². The number of nitrogens with one attached hydrogen (secondary N) is 1. The van der Waals surface area contributed by atoms with E-state index in [1.165, 1.54) is 0 Å². The fourth-order valence-electron chi connectivity index (χ4n) is 2.76. The number of carbonyl (C=O) groups is 1. The van der Waals surface area contributed by atoms with Gasteiger partial charge >= 0.3 is 0 Å². The second-order valence-electron chi connectivity index (χ2n) is 5.36. The number of hydrogen-bond acceptors (Lipinski definition) is 3. The maximum atomic E-state index is 12.3. The summed E-state index contributed by atoms with van der Waals surface area (Å²) in [5.74, 6) is 0.721. The highest BCUT2D eigenvalue weighted by molar-refractivity contribution is 5.99. The molecule has 5 heteroatoms. The minimum absolute atomic E-state index is 0.0665. The summed E-state index contributed by atoms with van der Waals surface area (Å²) < 4.78 is 12.6. The second-order valence-corrected chi connectivity index (χ2v) is 5.36. The quantitative estimate of drug-likeness (QED) is 0.937. The average molecular weight is 288 g/mol. The van der Waals surface area contributed by atoms with Crippen LogP contribution in [0.4, 0.5) is 0 Å². The van der Waals surface area contributed by atoms with Crippen LogP contribution >= 0.6 is 0 Å². The summed E-state index contributed by atoms with van der Waals surface area (Å²) in [6.45, 7) is 1.37. The number of fused-ring (bicyclic) bond motifs is 1. The SMILES string of the molecule is COc1ccc2cc(C(=O)NCC3CCCO3)n(C)c2c1. The van der Waals surface area contributed by atoms with Gasteiger partial charge in [-0.2, -0.15) is 0 Å². The third-order valence-corrected chi connectivity index (χ3v) is 4.00. The molecule has 0 saturated carbocycles. The molecule has 1 fully saturated rings. The van der Waals surface area contributed by atoms with Gasteiger partial charge in [0.2, 0.25) is 0 Å². The minimum atomic E-state index is -0.0665. The van der Waals surface area contributed by atoms with Gasteiger partial charge in [0.15, 0.2) is 0 Å². The molecule has 1 aliphatic rings. The van der Waals surface area contributed by atoms with Crippen LogP contribution in [0.5, 0.6) is 5.75 Å². The van der Waals surface area contributed by atoms with Gasteiger partial charge in [0.25, 0.3) is 5.91 Å². The number of amides is 1. The molecule has 1 N–H and O–H groups in total. The normalized spacial score (nSPS) is 18.1. The summed E-state index contributed by atoms with van der Waals surface area (Å²) >= 11 is 0. The van der Waals surface area contributed by atoms with Crippen LogP contribution in [-0.2, 0) is 11.8 Å². The van der Waals surface area contributed by atoms with Crippen LogP contribution in [0.15, 0.2) is 24.3 Å². The summed E-state index contributed by atoms with van der Waals surface area (Å²) in [6, 6.07) is 7.70. The third kappa shape index (κ3) is 2.74. The lowest BCUT2D eigenvalue weighted by Gasteiger charge is -2.11. The number of nitrogens with zero attached hydrogens (tertiary/aromatic N) is 1. The highest BCUT2D eigenvalue weighted by Crippen LogP contribution is 2.23. The molecule has 1 unspecified atom stereocenters. The first kappa shape index (κ1) is 13.9. The molecule has 1 aromatic carbocycles. The van der Waals surface area contributed by atoms with E-state index in [0.29, 0.717) is 12.2 Å². The molecule has 3 rings (SSSR count). The van der Waals surface area contributed by atoms with E-state index in [1.54, 1.807) is 7.11 Å². The van der Waals surface area contributed by atoms with E-state index in [2.05, 4.69) is 5.32 Å². The maximum Gasteiger partial charge on any atom is 0.268 e. The fraction of sp³-hybridized carbons (Fsp3) is 0.438. The number of carbonyl (C=O) groups excluding carboxylic acids is 1. The molecule has 1 aliphatic heterocycles. The zero-order valence-electron chi connectivity index (χ0n) is 12.4. The first-order valence-electron chi connectivity index (χ1n) is 7.22. The Kier molecular flexibility index (Phi) is 3.84. The van der Waals surface area contributed by atoms with Crippen molar-refractivity contribution in [1.29, 1.82) is 0 Å². The maximum absolute atomic E-state index is 12.3. The predicted octanol–water partition coefficient (Wildman–Crippen LogP) is 2.10. The number of hydrogen-bond donors (Lipinski definition) is 1. The fourth-order valence-corrected chi connectivity index (χ4v) is 2.76. The number of methoxy groups -OCH3 is 1. The van der Waals surface area contributed by atoms with Crippen LogP contribution in [0, 0.1) is 0 Å². The lowest BCUT2D eigenvalue weighted by molar-refractivity contribution is 0.0851. The van der Waals surface area contributed by atoms with Crippen molar-refractivity contribution in [1.82, 2.24) is 9.88 Å². The molecule has 1 amide bonds. The van der Waals surface area contributed by atoms with Crippen LogP contribution < -0.4 is 10.1 Å². The van der Waals surface area contributed by atoms with Crippen molar-refractivity contribution in [2.45, 2.75) is 18.9 Å². The Hall–Kier alpha value is -2.01. The van der Waals surface area contributed by atoms with E-state index in [1.807, 2.05) is 35.9 Å². The topological polar surface area (TPSA) is 52.5 Å². The Balaban J connectivity index is 1.79. The number of ether oxygens (including phenoxy) is 2. The standard InChI is InChI=1S/C16H20N2O3/c1-18-14-9-12(20-2)6-5-11(14)8-15(18)16(19)17-10-13-4-3-7-21-13/h5-6,8-9,13H,3-4,7,10H2,1-2H3,(H,17,19). The van der Waals surface area contributed by atoms with Gasteiger partial charge in [0.1, 0.15) is 11.4 Å². The van der Waals surface area contributed by atoms with E-state index in [9.17, 15) is 4.79 Å². The van der Waals surface area contributed by atoms with Crippen LogP contribution in [0.25, 0.3) is 10.9 Å². The molecule has 0 aliphatic carbocycles. The van der Waals surface area contributed by atoms with E-state index < -0.39 is 0 Å². The lowest BCUT2D eigenvalue weighted by Crippen LogP contribution is -2.32. The Bertz CT molecular complexity index is 657. The van der Waals surface area contributed by atoms with Crippen LogP contribution in [-0.4, -0.2) is 36.8 Å². The van der Waals surface area contributed by atoms with Crippen molar-refractivity contribution in [3.63, 3.8) is 0 Å². The van der Waals surface area contributed by atoms with Crippen molar-refractivity contribution >= 4 is 16.8 Å². The first-order valence-corrected chi connectivity index (χ1v) is 7.22. The van der Waals surface area contributed by atoms with Crippen LogP contribution in [0.2, 0.25) is 0 Å². The lowest BCUT2D eigenvalue weighted by atomic mass is 10.2. The predicted molar refractivity (Wildman–Crippen MR) is 80.8 cm³/mol. The molecule has 5 nitrogen and oxygen atoms in total. The highest BCUT2D eigenvalue weighted by atomic mass is 16.5. The largest absolute Gasteiger partial charge is 0.497 e. The van der Waals surface area contributed by atoms with Crippen molar-refractivity contribution in [2.24, 2.45) is 7.05 Å². The zero-order valence-corrected chi connectivity index (χ0v) is 12.4. The van der Waals surface area contributed by atoms with Gasteiger partial charge in [-0.15, -0.1) is 0 Å². The molecular formula is C16H20N2O3. The van der Waals surface area contributed by atoms with Crippen molar-refractivity contribution in [3.05, 3.63) is 30.0 Å². The van der Waals surface area contributed by atoms with Crippen LogP contribution in [0.1, 0.15) is 23.3 Å². The Morgan fingerprint density at radius 1 is 1.48 bits per heavy atom. The molecule has 0 bridgehead atoms. The van der Waals surface area contributed by atoms with Crippen molar-refractivity contribution in [2.75, 3.05) is 20.3 Å². The molecule has 1 saturated heterocycles. The number of aryl methyl sites for hydroxylation is 1. The molecule has 0 spiro atoms. The van der Waals surface area contributed by atoms with E-state index in [0.717, 1.165) is 36.1 Å². The van der Waals surface area contributed by atoms with Gasteiger partial charge in [-0.25, -0.2) is 0 Å². The van der Waals surface area contributed by atoms with Crippen molar-refractivity contribution < 1.29 is 14.3 Å². The molecule has 2 heterocycles. The minimum Gasteiger partial charge on any atom is -0.497 e. The summed E-state index contributed by atoms with van der Waals surface area (Å²) in [7, 11) is 3.53. The molecular weight excluding hydrogens is 268 g/mol. The summed E-state index contributed by atoms with van der Waals surface area (Å²) in [4.78, 5) is 12.3. The first-order chi connectivity index (χ1) is 10.2. The van der Waals surface area contributed by atoms with Gasteiger partial charge in [0, 0.05) is 31.7 Å². The summed E-state index contributed by atoms with van der Waals surface area (Å²) in [6.07, 6.45) is 2.25. The Morgan fingerprint density at radius 3 is 3.05 bits per heavy atom. The molecule has 21 heavy (non-hydrogen) atoms. The Labute approximate surface area is 123 Å². The summed E-state index contributed by atoms with van der Waals surface area (Å²) in [5, 5.41) is 3.98. The smallest absolute Gasteiger partial charge is 0.268 e. The molecule has 1 aromatic heterocycles. The van der Waals surface area contributed by atoms with E-state index >= 15 is 0 Å². The molecule has 2 aromatic rings. The zero-order chi connectivity index (χ0) is 14.8. The summed E-state index contributed by atoms with van der Waals surface area (Å²) in [5.41, 5.74) is 1.63. The van der Waals surface area contributed by atoms with Gasteiger partial charge in [0.05, 0.1) is 18.7 Å². The number of benzene rings is 1. The molecule has 112 valence electrons. The number of rotatable bonds is 4. The average Bonchev–Trinajstić information content (AvgIpc) is 3.13. The third-order valence-electron chi connectivity index (χ3n) is 4.00. The van der Waals surface area contributed by atoms with E-state index in [4.69, 9.17) is 9.47 Å². The molecule has 0 radical (unpaired) electrons. The monoisotopic (exact) mass is 288 g/mol. The van der Waals surface area contributed by atoms with Gasteiger partial charge in [-0.1, -0.05) is 0 Å². The van der Waals surface area contributed by atoms with Gasteiger partial charge in [-0.3, -0.25) is 4.79 Å². The second kappa shape index (κ2) is 5.77. The van der Waals surface area contributed by atoms with E-state index in [-0.39, 0.29) is 12.0 Å². The van der Waals surface area contributed by atoms with Gasteiger partial charge in [-0.05, 0) is 31.0 Å². The Morgan fingerprint density at radius 2 is 2.33 bits per heavy atom. The molecule has 1 atom stereocenters. The number of aromatic nitrogens is 1. The highest BCUT2D eigenvalue weighted by Gasteiger charge is 2.18. The van der Waals surface area contributed by atoms with Crippen molar-refractivity contribution in [3.8, 4) is 5.75 Å².